The van der Waals surface area contributed by atoms with E-state index in [2.05, 4.69) is 5.32 Å². The van der Waals surface area contributed by atoms with Crippen molar-refractivity contribution in [3.8, 4) is 5.75 Å². The van der Waals surface area contributed by atoms with Crippen molar-refractivity contribution in [3.63, 3.8) is 0 Å². The molecule has 0 bridgehead atoms. The van der Waals surface area contributed by atoms with Gasteiger partial charge in [-0.3, -0.25) is 9.10 Å². The molecule has 1 atom stereocenters. The molecule has 0 radical (unpaired) electrons. The molecule has 0 fully saturated rings. The zero-order chi connectivity index (χ0) is 22.4. The Morgan fingerprint density at radius 2 is 1.58 bits per heavy atom. The van der Waals surface area contributed by atoms with Gasteiger partial charge in [-0.2, -0.15) is 0 Å². The van der Waals surface area contributed by atoms with Crippen LogP contribution in [0.4, 0.5) is 5.69 Å². The molecule has 0 unspecified atom stereocenters. The summed E-state index contributed by atoms with van der Waals surface area (Å²) in [4.78, 5) is 12.7. The van der Waals surface area contributed by atoms with Crippen LogP contribution in [0.25, 0.3) is 0 Å². The number of para-hydroxylation sites is 1. The minimum atomic E-state index is -3.67. The van der Waals surface area contributed by atoms with Gasteiger partial charge in [0.25, 0.3) is 15.9 Å². The van der Waals surface area contributed by atoms with Gasteiger partial charge in [-0.25, -0.2) is 8.42 Å². The van der Waals surface area contributed by atoms with Crippen LogP contribution in [0.3, 0.4) is 0 Å². The Bertz CT molecular complexity index is 1130. The van der Waals surface area contributed by atoms with E-state index < -0.39 is 10.0 Å². The lowest BCUT2D eigenvalue weighted by atomic mass is 10.2. The van der Waals surface area contributed by atoms with Crippen LogP contribution in [-0.2, 0) is 10.0 Å². The van der Waals surface area contributed by atoms with Crippen molar-refractivity contribution in [2.45, 2.75) is 24.8 Å². The predicted octanol–water partition coefficient (Wildman–Crippen LogP) is 4.02. The highest BCUT2D eigenvalue weighted by atomic mass is 32.2. The monoisotopic (exact) mass is 438 g/mol. The highest BCUT2D eigenvalue weighted by molar-refractivity contribution is 7.92. The molecule has 3 aromatic rings. The SMILES string of the molecule is Cc1ccccc1OC[C@@H](C)NC(=O)c1ccc(N(C)S(=O)(=O)c2ccccc2)cc1. The van der Waals surface area contributed by atoms with E-state index in [4.69, 9.17) is 4.74 Å². The van der Waals surface area contributed by atoms with Gasteiger partial charge < -0.3 is 10.1 Å². The third-order valence-electron chi connectivity index (χ3n) is 4.85. The number of benzene rings is 3. The molecule has 31 heavy (non-hydrogen) atoms. The molecule has 6 nitrogen and oxygen atoms in total. The van der Waals surface area contributed by atoms with Gasteiger partial charge in [0.2, 0.25) is 0 Å². The van der Waals surface area contributed by atoms with E-state index >= 15 is 0 Å². The summed E-state index contributed by atoms with van der Waals surface area (Å²) in [6.07, 6.45) is 0. The highest BCUT2D eigenvalue weighted by Gasteiger charge is 2.21. The maximum absolute atomic E-state index is 12.7. The molecule has 3 aromatic carbocycles. The van der Waals surface area contributed by atoms with Gasteiger partial charge in [0.05, 0.1) is 16.6 Å². The van der Waals surface area contributed by atoms with Crippen LogP contribution in [0.15, 0.2) is 83.8 Å². The minimum Gasteiger partial charge on any atom is -0.491 e. The molecular formula is C24H26N2O4S. The first-order valence-corrected chi connectivity index (χ1v) is 11.4. The summed E-state index contributed by atoms with van der Waals surface area (Å²) in [5, 5.41) is 2.89. The molecule has 1 amide bonds. The fraction of sp³-hybridized carbons (Fsp3) is 0.208. The number of ether oxygens (including phenoxy) is 1. The normalized spacial score (nSPS) is 12.1. The van der Waals surface area contributed by atoms with Crippen LogP contribution in [0.2, 0.25) is 0 Å². The van der Waals surface area contributed by atoms with E-state index in [0.717, 1.165) is 11.3 Å². The second kappa shape index (κ2) is 9.66. The van der Waals surface area contributed by atoms with Crippen LogP contribution in [0.1, 0.15) is 22.8 Å². The quantitative estimate of drug-likeness (QED) is 0.576. The number of nitrogens with one attached hydrogen (secondary N) is 1. The number of aryl methyl sites for hydroxylation is 1. The molecular weight excluding hydrogens is 412 g/mol. The maximum atomic E-state index is 12.7. The lowest BCUT2D eigenvalue weighted by Crippen LogP contribution is -2.36. The number of hydrogen-bond donors (Lipinski definition) is 1. The van der Waals surface area contributed by atoms with Gasteiger partial charge >= 0.3 is 0 Å². The second-order valence-electron chi connectivity index (χ2n) is 7.28. The van der Waals surface area contributed by atoms with Gasteiger partial charge in [0.15, 0.2) is 0 Å². The number of hydrogen-bond acceptors (Lipinski definition) is 4. The van der Waals surface area contributed by atoms with Crippen LogP contribution in [-0.4, -0.2) is 34.0 Å². The summed E-state index contributed by atoms with van der Waals surface area (Å²) in [7, 11) is -2.18. The third-order valence-corrected chi connectivity index (χ3v) is 6.65. The number of carbonyl (C=O) groups is 1. The molecule has 3 rings (SSSR count). The Morgan fingerprint density at radius 1 is 0.968 bits per heavy atom. The van der Waals surface area contributed by atoms with Crippen molar-refractivity contribution < 1.29 is 17.9 Å². The van der Waals surface area contributed by atoms with Gasteiger partial charge in [0, 0.05) is 12.6 Å². The van der Waals surface area contributed by atoms with E-state index in [1.54, 1.807) is 54.6 Å². The number of rotatable bonds is 8. The van der Waals surface area contributed by atoms with E-state index in [-0.39, 0.29) is 16.8 Å². The first-order valence-electron chi connectivity index (χ1n) is 9.92. The average molecular weight is 439 g/mol. The van der Waals surface area contributed by atoms with E-state index in [9.17, 15) is 13.2 Å². The summed E-state index contributed by atoms with van der Waals surface area (Å²) >= 11 is 0. The van der Waals surface area contributed by atoms with E-state index in [1.807, 2.05) is 38.1 Å². The molecule has 0 aliphatic rings. The average Bonchev–Trinajstić information content (AvgIpc) is 2.78. The Morgan fingerprint density at radius 3 is 2.23 bits per heavy atom. The van der Waals surface area contributed by atoms with Crippen molar-refractivity contribution in [1.82, 2.24) is 5.32 Å². The Kier molecular flexibility index (Phi) is 6.97. The smallest absolute Gasteiger partial charge is 0.264 e. The summed E-state index contributed by atoms with van der Waals surface area (Å²) < 4.78 is 32.5. The third kappa shape index (κ3) is 5.44. The number of amides is 1. The van der Waals surface area contributed by atoms with E-state index in [0.29, 0.717) is 17.9 Å². The van der Waals surface area contributed by atoms with Gasteiger partial charge in [-0.1, -0.05) is 36.4 Å². The molecule has 162 valence electrons. The molecule has 0 aliphatic carbocycles. The fourth-order valence-electron chi connectivity index (χ4n) is 2.99. The van der Waals surface area contributed by atoms with Gasteiger partial charge in [0.1, 0.15) is 12.4 Å². The molecule has 7 heteroatoms. The van der Waals surface area contributed by atoms with Crippen LogP contribution >= 0.6 is 0 Å². The second-order valence-corrected chi connectivity index (χ2v) is 9.25. The standard InChI is InChI=1S/C24H26N2O4S/c1-18-9-7-8-12-23(18)30-17-19(2)25-24(27)20-13-15-21(16-14-20)26(3)31(28,29)22-10-5-4-6-11-22/h4-16,19H,17H2,1-3H3,(H,25,27)/t19-/m1/s1. The number of anilines is 1. The zero-order valence-electron chi connectivity index (χ0n) is 17.8. The largest absolute Gasteiger partial charge is 0.491 e. The summed E-state index contributed by atoms with van der Waals surface area (Å²) in [5.74, 6) is 0.539. The zero-order valence-corrected chi connectivity index (χ0v) is 18.6. The Balaban J connectivity index is 1.61. The molecule has 0 aliphatic heterocycles. The fourth-order valence-corrected chi connectivity index (χ4v) is 4.21. The van der Waals surface area contributed by atoms with Crippen LogP contribution in [0.5, 0.6) is 5.75 Å². The minimum absolute atomic E-state index is 0.201. The topological polar surface area (TPSA) is 75.7 Å². The van der Waals surface area contributed by atoms with Crippen LogP contribution < -0.4 is 14.4 Å². The first kappa shape index (κ1) is 22.4. The Labute approximate surface area is 183 Å². The lowest BCUT2D eigenvalue weighted by molar-refractivity contribution is 0.0926. The highest BCUT2D eigenvalue weighted by Crippen LogP contribution is 2.22. The number of carbonyl (C=O) groups excluding carboxylic acids is 1. The Hall–Kier alpha value is -3.32. The molecule has 0 saturated carbocycles. The maximum Gasteiger partial charge on any atom is 0.264 e. The molecule has 0 saturated heterocycles. The van der Waals surface area contributed by atoms with Crippen molar-refractivity contribution in [2.24, 2.45) is 0 Å². The molecule has 0 heterocycles. The van der Waals surface area contributed by atoms with Gasteiger partial charge in [-0.05, 0) is 61.9 Å². The molecule has 0 aromatic heterocycles. The van der Waals surface area contributed by atoms with Crippen molar-refractivity contribution in [1.29, 1.82) is 0 Å². The van der Waals surface area contributed by atoms with Crippen molar-refractivity contribution in [3.05, 3.63) is 90.0 Å². The first-order chi connectivity index (χ1) is 14.8. The summed E-state index contributed by atoms with van der Waals surface area (Å²) in [6.45, 7) is 4.17. The van der Waals surface area contributed by atoms with Crippen LogP contribution in [0, 0.1) is 6.92 Å². The van der Waals surface area contributed by atoms with Crippen molar-refractivity contribution >= 4 is 21.6 Å². The molecule has 1 N–H and O–H groups in total. The number of nitrogens with zero attached hydrogens (tertiary/aromatic N) is 1. The predicted molar refractivity (Wildman–Crippen MR) is 122 cm³/mol. The number of sulfonamides is 1. The summed E-state index contributed by atoms with van der Waals surface area (Å²) in [5.41, 5.74) is 1.94. The summed E-state index contributed by atoms with van der Waals surface area (Å²) in [6, 6.07) is 22.2. The lowest BCUT2D eigenvalue weighted by Gasteiger charge is -2.20. The van der Waals surface area contributed by atoms with E-state index in [1.165, 1.54) is 11.4 Å². The van der Waals surface area contributed by atoms with Gasteiger partial charge in [-0.15, -0.1) is 0 Å². The van der Waals surface area contributed by atoms with Crippen molar-refractivity contribution in [2.75, 3.05) is 18.0 Å². The molecule has 0 spiro atoms.